The van der Waals surface area contributed by atoms with Gasteiger partial charge in [-0.3, -0.25) is 14.4 Å². The van der Waals surface area contributed by atoms with Crippen molar-refractivity contribution >= 4 is 23.8 Å². The predicted molar refractivity (Wildman–Crippen MR) is 188 cm³/mol. The maximum absolute atomic E-state index is 14.0. The van der Waals surface area contributed by atoms with Gasteiger partial charge in [-0.1, -0.05) is 91.0 Å². The number of nitrogens with two attached hydrogens (primary N) is 1. The quantitative estimate of drug-likeness (QED) is 0.153. The molecule has 1 fully saturated rings. The van der Waals surface area contributed by atoms with E-state index in [2.05, 4.69) is 16.0 Å². The van der Waals surface area contributed by atoms with Crippen molar-refractivity contribution in [3.63, 3.8) is 0 Å². The lowest BCUT2D eigenvalue weighted by molar-refractivity contribution is -0.140. The molecule has 12 nitrogen and oxygen atoms in total. The highest BCUT2D eigenvalue weighted by Gasteiger charge is 2.39. The lowest BCUT2D eigenvalue weighted by atomic mass is 9.97. The number of primary amides is 1. The van der Waals surface area contributed by atoms with Crippen LogP contribution in [0.5, 0.6) is 0 Å². The highest BCUT2D eigenvalue weighted by atomic mass is 16.5. The molecule has 6 N–H and O–H groups in total. The van der Waals surface area contributed by atoms with Crippen molar-refractivity contribution in [2.24, 2.45) is 5.73 Å². The summed E-state index contributed by atoms with van der Waals surface area (Å²) in [6.45, 7) is 6.46. The van der Waals surface area contributed by atoms with E-state index in [1.165, 1.54) is 0 Å². The van der Waals surface area contributed by atoms with E-state index in [0.717, 1.165) is 16.7 Å². The molecule has 3 aromatic rings. The Bertz CT molecular complexity index is 1540. The van der Waals surface area contributed by atoms with E-state index in [9.17, 15) is 24.3 Å². The van der Waals surface area contributed by atoms with Gasteiger partial charge in [0.2, 0.25) is 17.7 Å². The fraction of sp³-hybridized carbons (Fsp3) is 0.421. The molecule has 0 saturated carbocycles. The van der Waals surface area contributed by atoms with Crippen molar-refractivity contribution in [1.29, 1.82) is 0 Å². The van der Waals surface area contributed by atoms with Gasteiger partial charge in [0.15, 0.2) is 0 Å². The third-order valence-electron chi connectivity index (χ3n) is 8.48. The third-order valence-corrected chi connectivity index (χ3v) is 8.48. The van der Waals surface area contributed by atoms with Crippen LogP contribution in [0.25, 0.3) is 0 Å². The zero-order chi connectivity index (χ0) is 36.1. The molecule has 0 radical (unpaired) electrons. The van der Waals surface area contributed by atoms with Crippen molar-refractivity contribution in [3.05, 3.63) is 108 Å². The first kappa shape index (κ1) is 38.0. The minimum Gasteiger partial charge on any atom is -0.445 e. The summed E-state index contributed by atoms with van der Waals surface area (Å²) in [6, 6.07) is 25.3. The number of carbonyl (C=O) groups is 4. The number of nitrogens with one attached hydrogen (secondary N) is 3. The molecular formula is C38H49N5O7. The molecule has 3 aromatic carbocycles. The lowest BCUT2D eigenvalue weighted by Gasteiger charge is -2.40. The lowest BCUT2D eigenvalue weighted by Crippen LogP contribution is -2.59. The molecule has 268 valence electrons. The van der Waals surface area contributed by atoms with E-state index in [0.29, 0.717) is 19.6 Å². The average molecular weight is 688 g/mol. The highest BCUT2D eigenvalue weighted by Crippen LogP contribution is 2.22. The summed E-state index contributed by atoms with van der Waals surface area (Å²) in [5, 5.41) is 20.2. The van der Waals surface area contributed by atoms with Gasteiger partial charge in [0, 0.05) is 18.6 Å². The number of alkyl carbamates (subject to hydrolysis) is 1. The smallest absolute Gasteiger partial charge is 0.408 e. The number of aliphatic hydroxyl groups is 1. The Hall–Kier alpha value is -4.78. The van der Waals surface area contributed by atoms with Crippen LogP contribution in [0.3, 0.4) is 0 Å². The largest absolute Gasteiger partial charge is 0.445 e. The summed E-state index contributed by atoms with van der Waals surface area (Å²) in [5.41, 5.74) is 7.36. The number of hydrogen-bond acceptors (Lipinski definition) is 8. The molecule has 0 aromatic heterocycles. The van der Waals surface area contributed by atoms with Crippen LogP contribution >= 0.6 is 0 Å². The monoisotopic (exact) mass is 687 g/mol. The van der Waals surface area contributed by atoms with E-state index >= 15 is 0 Å². The minimum absolute atomic E-state index is 0.0423. The van der Waals surface area contributed by atoms with Crippen LogP contribution in [0.4, 0.5) is 4.79 Å². The molecule has 5 atom stereocenters. The van der Waals surface area contributed by atoms with Gasteiger partial charge in [0.1, 0.15) is 12.6 Å². The third kappa shape index (κ3) is 12.0. The highest BCUT2D eigenvalue weighted by molar-refractivity contribution is 5.90. The summed E-state index contributed by atoms with van der Waals surface area (Å²) >= 11 is 0. The molecule has 1 saturated heterocycles. The Balaban J connectivity index is 1.44. The Morgan fingerprint density at radius 1 is 0.880 bits per heavy atom. The van der Waals surface area contributed by atoms with Crippen LogP contribution < -0.4 is 21.7 Å². The first-order chi connectivity index (χ1) is 23.9. The van der Waals surface area contributed by atoms with Crippen molar-refractivity contribution in [1.82, 2.24) is 20.9 Å². The zero-order valence-corrected chi connectivity index (χ0v) is 28.9. The van der Waals surface area contributed by atoms with Crippen molar-refractivity contribution < 1.29 is 33.8 Å². The molecule has 0 unspecified atom stereocenters. The van der Waals surface area contributed by atoms with Gasteiger partial charge in [0.05, 0.1) is 37.3 Å². The Labute approximate surface area is 293 Å². The molecule has 4 rings (SSSR count). The maximum atomic E-state index is 14.0. The number of hydrogen-bond donors (Lipinski definition) is 5. The first-order valence-corrected chi connectivity index (χ1v) is 16.9. The van der Waals surface area contributed by atoms with Crippen molar-refractivity contribution in [3.8, 4) is 0 Å². The fourth-order valence-corrected chi connectivity index (χ4v) is 5.76. The van der Waals surface area contributed by atoms with E-state index < -0.39 is 54.1 Å². The van der Waals surface area contributed by atoms with Crippen LogP contribution in [-0.2, 0) is 43.5 Å². The molecule has 1 aliphatic heterocycles. The second-order valence-electron chi connectivity index (χ2n) is 13.5. The summed E-state index contributed by atoms with van der Waals surface area (Å²) in [4.78, 5) is 53.7. The number of rotatable bonds is 16. The van der Waals surface area contributed by atoms with Crippen LogP contribution in [0, 0.1) is 0 Å². The molecule has 4 amide bonds. The number of aliphatic hydroxyl groups excluding tert-OH is 1. The minimum atomic E-state index is -1.36. The number of benzene rings is 3. The summed E-state index contributed by atoms with van der Waals surface area (Å²) in [5.74, 6) is -1.74. The second-order valence-corrected chi connectivity index (χ2v) is 13.5. The molecule has 12 heteroatoms. The van der Waals surface area contributed by atoms with Crippen molar-refractivity contribution in [2.45, 2.75) is 89.1 Å². The Morgan fingerprint density at radius 3 is 2.00 bits per heavy atom. The summed E-state index contributed by atoms with van der Waals surface area (Å²) in [7, 11) is 0. The van der Waals surface area contributed by atoms with Crippen LogP contribution in [-0.4, -0.2) is 82.8 Å². The fourth-order valence-electron chi connectivity index (χ4n) is 5.76. The molecule has 0 spiro atoms. The van der Waals surface area contributed by atoms with E-state index in [1.54, 1.807) is 29.2 Å². The van der Waals surface area contributed by atoms with Crippen molar-refractivity contribution in [2.75, 3.05) is 13.1 Å². The number of nitrogens with zero attached hydrogens (tertiary/aromatic N) is 1. The summed E-state index contributed by atoms with van der Waals surface area (Å²) in [6.07, 6.45) is -2.11. The van der Waals surface area contributed by atoms with Gasteiger partial charge in [-0.25, -0.2) is 4.79 Å². The van der Waals surface area contributed by atoms with Gasteiger partial charge >= 0.3 is 6.09 Å². The van der Waals surface area contributed by atoms with E-state index in [1.807, 2.05) is 87.5 Å². The van der Waals surface area contributed by atoms with Crippen LogP contribution in [0.1, 0.15) is 50.3 Å². The summed E-state index contributed by atoms with van der Waals surface area (Å²) < 4.78 is 11.3. The van der Waals surface area contributed by atoms with Gasteiger partial charge in [-0.05, 0) is 50.3 Å². The average Bonchev–Trinajstić information content (AvgIpc) is 3.58. The Morgan fingerprint density at radius 2 is 1.44 bits per heavy atom. The predicted octanol–water partition coefficient (Wildman–Crippen LogP) is 2.82. The zero-order valence-electron chi connectivity index (χ0n) is 28.9. The molecule has 1 aliphatic rings. The van der Waals surface area contributed by atoms with Crippen LogP contribution in [0.2, 0.25) is 0 Å². The number of amides is 4. The van der Waals surface area contributed by atoms with E-state index in [4.69, 9.17) is 15.2 Å². The van der Waals surface area contributed by atoms with E-state index in [-0.39, 0.29) is 31.6 Å². The van der Waals surface area contributed by atoms with Gasteiger partial charge in [-0.2, -0.15) is 0 Å². The second kappa shape index (κ2) is 18.3. The topological polar surface area (TPSA) is 172 Å². The SMILES string of the molecule is CC(C)(C)N(C[C@@H](O)[C@H](Cc1ccccc1)NC(=O)[C@H](CC(N)=O)NC(=O)OCc1ccccc1)C(=O)[C@@H]1C[C@@H](OCc2ccccc2)CN1. The molecule has 50 heavy (non-hydrogen) atoms. The first-order valence-electron chi connectivity index (χ1n) is 16.9. The molecule has 0 bridgehead atoms. The number of ether oxygens (including phenoxy) is 2. The normalized spacial score (nSPS) is 17.6. The molecule has 0 aliphatic carbocycles. The standard InChI is InChI=1S/C38H49N5O7/c1-38(2,3)43(36(47)32-20-29(22-40-32)49-24-27-15-9-5-10-16-27)23-33(44)30(19-26-13-7-4-8-14-26)41-35(46)31(21-34(39)45)42-37(48)50-25-28-17-11-6-12-18-28/h4-18,29-33,40,44H,19-25H2,1-3H3,(H2,39,45)(H,41,46)(H,42,48)/t29-,30+,31+,32+,33-/m1/s1. The molecular weight excluding hydrogens is 638 g/mol. The maximum Gasteiger partial charge on any atom is 0.408 e. The molecule has 1 heterocycles. The van der Waals surface area contributed by atoms with Crippen LogP contribution in [0.15, 0.2) is 91.0 Å². The van der Waals surface area contributed by atoms with Gasteiger partial charge in [-0.15, -0.1) is 0 Å². The van der Waals surface area contributed by atoms with Gasteiger partial charge < -0.3 is 41.2 Å². The van der Waals surface area contributed by atoms with Gasteiger partial charge in [0.25, 0.3) is 0 Å². The number of carbonyl (C=O) groups excluding carboxylic acids is 4. The number of β-amino-alcohol motifs (C(OH)–C–C–N with tert-alkyl or cyclic N) is 1. The Kier molecular flexibility index (Phi) is 13.9.